The van der Waals surface area contributed by atoms with E-state index in [9.17, 15) is 0 Å². The first-order valence-electron chi connectivity index (χ1n) is 10.8. The van der Waals surface area contributed by atoms with E-state index in [0.717, 1.165) is 17.8 Å². The highest BCUT2D eigenvalue weighted by Gasteiger charge is 2.24. The summed E-state index contributed by atoms with van der Waals surface area (Å²) in [5.74, 6) is 2.37. The van der Waals surface area contributed by atoms with Crippen LogP contribution in [0.4, 0.5) is 0 Å². The Kier molecular flexibility index (Phi) is 12.9. The molecule has 24 heavy (non-hydrogen) atoms. The summed E-state index contributed by atoms with van der Waals surface area (Å²) in [6.45, 7) is 6.84. The molecule has 0 heterocycles. The number of unbranched alkanes of at least 4 members (excludes halogenated alkanes) is 6. The van der Waals surface area contributed by atoms with Crippen LogP contribution in [0, 0.1) is 17.8 Å². The van der Waals surface area contributed by atoms with Crippen molar-refractivity contribution in [1.82, 2.24) is 0 Å². The van der Waals surface area contributed by atoms with Gasteiger partial charge in [-0.05, 0) is 56.3 Å². The highest BCUT2D eigenvalue weighted by Crippen LogP contribution is 2.36. The minimum Gasteiger partial charge on any atom is -0.0883 e. The van der Waals surface area contributed by atoms with Crippen LogP contribution in [-0.4, -0.2) is 0 Å². The zero-order valence-electron chi connectivity index (χ0n) is 16.7. The van der Waals surface area contributed by atoms with Gasteiger partial charge in [0.2, 0.25) is 0 Å². The highest BCUT2D eigenvalue weighted by atomic mass is 14.3. The summed E-state index contributed by atoms with van der Waals surface area (Å²) in [6.07, 6.45) is 30.8. The van der Waals surface area contributed by atoms with E-state index in [1.165, 1.54) is 77.0 Å². The van der Waals surface area contributed by atoms with Gasteiger partial charge in [0, 0.05) is 0 Å². The van der Waals surface area contributed by atoms with Gasteiger partial charge in [0.05, 0.1) is 0 Å². The van der Waals surface area contributed by atoms with Gasteiger partial charge < -0.3 is 0 Å². The van der Waals surface area contributed by atoms with Crippen LogP contribution in [0.3, 0.4) is 0 Å². The van der Waals surface area contributed by atoms with Crippen molar-refractivity contribution in [2.45, 2.75) is 97.8 Å². The first-order valence-corrected chi connectivity index (χ1v) is 10.8. The summed E-state index contributed by atoms with van der Waals surface area (Å²) >= 11 is 0. The van der Waals surface area contributed by atoms with Gasteiger partial charge in [-0.3, -0.25) is 0 Å². The number of hydrogen-bond donors (Lipinski definition) is 0. The normalized spacial score (nSPS) is 25.4. The lowest BCUT2D eigenvalue weighted by molar-refractivity contribution is 0.294. The van der Waals surface area contributed by atoms with E-state index in [4.69, 9.17) is 0 Å². The molecule has 1 saturated carbocycles. The second kappa shape index (κ2) is 14.6. The maximum Gasteiger partial charge on any atom is -0.0222 e. The van der Waals surface area contributed by atoms with Gasteiger partial charge in [-0.1, -0.05) is 95.8 Å². The Morgan fingerprint density at radius 3 is 1.08 bits per heavy atom. The summed E-state index contributed by atoms with van der Waals surface area (Å²) in [6, 6.07) is 0. The molecule has 0 aromatic heterocycles. The molecule has 0 unspecified atom stereocenters. The van der Waals surface area contributed by atoms with Crippen LogP contribution in [0.15, 0.2) is 36.5 Å². The molecule has 0 aromatic rings. The van der Waals surface area contributed by atoms with Gasteiger partial charge in [-0.2, -0.15) is 0 Å². The van der Waals surface area contributed by atoms with Crippen molar-refractivity contribution in [3.8, 4) is 0 Å². The Morgan fingerprint density at radius 1 is 0.542 bits per heavy atom. The Labute approximate surface area is 152 Å². The van der Waals surface area contributed by atoms with Crippen LogP contribution in [0.5, 0.6) is 0 Å². The quantitative estimate of drug-likeness (QED) is 0.249. The molecule has 1 aliphatic carbocycles. The van der Waals surface area contributed by atoms with Gasteiger partial charge in [-0.15, -0.1) is 0 Å². The molecule has 0 spiro atoms. The zero-order chi connectivity index (χ0) is 17.5. The van der Waals surface area contributed by atoms with E-state index in [2.05, 4.69) is 57.2 Å². The van der Waals surface area contributed by atoms with Crippen LogP contribution in [-0.2, 0) is 0 Å². The molecule has 0 radical (unpaired) electrons. The molecular weight excluding hydrogens is 288 g/mol. The largest absolute Gasteiger partial charge is 0.0883 e. The van der Waals surface area contributed by atoms with Gasteiger partial charge in [0.25, 0.3) is 0 Å². The van der Waals surface area contributed by atoms with E-state index in [0.29, 0.717) is 0 Å². The van der Waals surface area contributed by atoms with Crippen LogP contribution >= 0.6 is 0 Å². The molecule has 138 valence electrons. The van der Waals surface area contributed by atoms with Crippen LogP contribution in [0.1, 0.15) is 97.8 Å². The van der Waals surface area contributed by atoms with Gasteiger partial charge in [0.15, 0.2) is 0 Å². The molecule has 0 bridgehead atoms. The second-order valence-corrected chi connectivity index (χ2v) is 7.70. The molecule has 0 aromatic carbocycles. The van der Waals surface area contributed by atoms with E-state index in [1.54, 1.807) is 0 Å². The van der Waals surface area contributed by atoms with Crippen molar-refractivity contribution in [3.63, 3.8) is 0 Å². The monoisotopic (exact) mass is 330 g/mol. The first kappa shape index (κ1) is 21.3. The van der Waals surface area contributed by atoms with E-state index >= 15 is 0 Å². The molecule has 0 aliphatic heterocycles. The fraction of sp³-hybridized carbons (Fsp3) is 0.750. The molecular formula is C24H42. The van der Waals surface area contributed by atoms with E-state index in [-0.39, 0.29) is 0 Å². The molecule has 1 rings (SSSR count). The molecule has 0 saturated heterocycles. The molecule has 1 aliphatic rings. The molecule has 0 atom stereocenters. The number of allylic oxidation sites excluding steroid dienone is 6. The van der Waals surface area contributed by atoms with Crippen molar-refractivity contribution in [3.05, 3.63) is 36.5 Å². The van der Waals surface area contributed by atoms with E-state index in [1.807, 2.05) is 0 Å². The third-order valence-corrected chi connectivity index (χ3v) is 5.21. The summed E-state index contributed by atoms with van der Waals surface area (Å²) in [4.78, 5) is 0. The van der Waals surface area contributed by atoms with E-state index < -0.39 is 0 Å². The maximum atomic E-state index is 2.54. The molecule has 0 nitrogen and oxygen atoms in total. The number of hydrogen-bond acceptors (Lipinski definition) is 0. The second-order valence-electron chi connectivity index (χ2n) is 7.70. The third-order valence-electron chi connectivity index (χ3n) is 5.21. The summed E-state index contributed by atoms with van der Waals surface area (Å²) in [5.41, 5.74) is 0. The van der Waals surface area contributed by atoms with Crippen molar-refractivity contribution < 1.29 is 0 Å². The molecule has 0 heteroatoms. The minimum absolute atomic E-state index is 0.789. The summed E-state index contributed by atoms with van der Waals surface area (Å²) < 4.78 is 0. The van der Waals surface area contributed by atoms with Gasteiger partial charge >= 0.3 is 0 Å². The maximum absolute atomic E-state index is 2.54. The average molecular weight is 331 g/mol. The average Bonchev–Trinajstić information content (AvgIpc) is 2.59. The zero-order valence-corrected chi connectivity index (χ0v) is 16.7. The lowest BCUT2D eigenvalue weighted by Gasteiger charge is -2.31. The predicted molar refractivity (Wildman–Crippen MR) is 110 cm³/mol. The molecule has 0 N–H and O–H groups in total. The molecule has 0 amide bonds. The van der Waals surface area contributed by atoms with Crippen molar-refractivity contribution in [1.29, 1.82) is 0 Å². The summed E-state index contributed by atoms with van der Waals surface area (Å²) in [5, 5.41) is 0. The standard InChI is InChI=1S/C24H42/c1-4-7-10-13-16-22-19-23(17-14-11-8-5-2)21-24(20-22)18-15-12-9-6-3/h13-18,22-24H,4-12,19-21H2,1-3H3/b16-13+,17-14+,18-15+. The fourth-order valence-corrected chi connectivity index (χ4v) is 3.76. The Morgan fingerprint density at radius 2 is 0.833 bits per heavy atom. The van der Waals surface area contributed by atoms with Crippen LogP contribution in [0.25, 0.3) is 0 Å². The van der Waals surface area contributed by atoms with Crippen LogP contribution in [0.2, 0.25) is 0 Å². The van der Waals surface area contributed by atoms with Crippen molar-refractivity contribution >= 4 is 0 Å². The first-order chi connectivity index (χ1) is 11.8. The van der Waals surface area contributed by atoms with Crippen LogP contribution < -0.4 is 0 Å². The predicted octanol–water partition coefficient (Wildman–Crippen LogP) is 8.26. The fourth-order valence-electron chi connectivity index (χ4n) is 3.76. The smallest absolute Gasteiger partial charge is 0.0222 e. The highest BCUT2D eigenvalue weighted by molar-refractivity contribution is 5.03. The van der Waals surface area contributed by atoms with Crippen molar-refractivity contribution in [2.75, 3.05) is 0 Å². The third kappa shape index (κ3) is 10.2. The van der Waals surface area contributed by atoms with Crippen molar-refractivity contribution in [2.24, 2.45) is 17.8 Å². The Bertz CT molecular complexity index is 297. The Balaban J connectivity index is 2.55. The lowest BCUT2D eigenvalue weighted by atomic mass is 9.74. The van der Waals surface area contributed by atoms with Gasteiger partial charge in [0.1, 0.15) is 0 Å². The SMILES string of the molecule is CCCC/C=C/C1CC(/C=C/CCCC)CC(/C=C/CCCC)C1. The lowest BCUT2D eigenvalue weighted by Crippen LogP contribution is -2.19. The van der Waals surface area contributed by atoms with Gasteiger partial charge in [-0.25, -0.2) is 0 Å². The summed E-state index contributed by atoms with van der Waals surface area (Å²) in [7, 11) is 0. The Hall–Kier alpha value is -0.780. The minimum atomic E-state index is 0.789. The number of rotatable bonds is 12. The molecule has 1 fully saturated rings. The topological polar surface area (TPSA) is 0 Å².